The summed E-state index contributed by atoms with van der Waals surface area (Å²) in [4.78, 5) is 0. The molecule has 0 unspecified atom stereocenters. The molecule has 1 aromatic rings. The van der Waals surface area contributed by atoms with Gasteiger partial charge in [0, 0.05) is 12.0 Å². The second-order valence-corrected chi connectivity index (χ2v) is 4.63. The molecule has 0 aromatic heterocycles. The lowest BCUT2D eigenvalue weighted by molar-refractivity contribution is 0.0638. The first-order valence-electron chi connectivity index (χ1n) is 6.29. The Morgan fingerprint density at radius 1 is 1.38 bits per heavy atom. The molecule has 1 saturated heterocycles. The molecule has 0 amide bonds. The Morgan fingerprint density at radius 3 is 2.81 bits per heavy atom. The molecule has 1 aliphatic rings. The van der Waals surface area contributed by atoms with Gasteiger partial charge in [-0.05, 0) is 31.4 Å². The SMILES string of the molecule is CC[C@@H]1NCCC[C@H]1[C@H](O)c1ccccc1. The zero-order valence-electron chi connectivity index (χ0n) is 9.89. The van der Waals surface area contributed by atoms with Gasteiger partial charge in [0.15, 0.2) is 0 Å². The van der Waals surface area contributed by atoms with E-state index in [0.29, 0.717) is 12.0 Å². The topological polar surface area (TPSA) is 32.3 Å². The first kappa shape index (κ1) is 11.6. The lowest BCUT2D eigenvalue weighted by Crippen LogP contribution is -2.43. The van der Waals surface area contributed by atoms with Gasteiger partial charge in [-0.2, -0.15) is 0 Å². The quantitative estimate of drug-likeness (QED) is 0.818. The first-order valence-corrected chi connectivity index (χ1v) is 6.29. The van der Waals surface area contributed by atoms with Gasteiger partial charge in [-0.1, -0.05) is 37.3 Å². The first-order chi connectivity index (χ1) is 7.83. The molecule has 2 heteroatoms. The largest absolute Gasteiger partial charge is 0.388 e. The summed E-state index contributed by atoms with van der Waals surface area (Å²) in [6.45, 7) is 3.28. The number of nitrogens with one attached hydrogen (secondary N) is 1. The second-order valence-electron chi connectivity index (χ2n) is 4.63. The van der Waals surface area contributed by atoms with E-state index in [9.17, 15) is 5.11 Å². The standard InChI is InChI=1S/C14H21NO/c1-2-13-12(9-6-10-15-13)14(16)11-7-4-3-5-8-11/h3-5,7-8,12-16H,2,6,9-10H2,1H3/t12-,13+,14-/m1/s1. The molecule has 2 rings (SSSR count). The minimum atomic E-state index is -0.320. The Balaban J connectivity index is 2.10. The van der Waals surface area contributed by atoms with E-state index >= 15 is 0 Å². The van der Waals surface area contributed by atoms with E-state index in [0.717, 1.165) is 24.9 Å². The Morgan fingerprint density at radius 2 is 2.12 bits per heavy atom. The molecular weight excluding hydrogens is 198 g/mol. The predicted molar refractivity (Wildman–Crippen MR) is 66.2 cm³/mol. The van der Waals surface area contributed by atoms with Gasteiger partial charge in [-0.15, -0.1) is 0 Å². The molecule has 88 valence electrons. The van der Waals surface area contributed by atoms with Gasteiger partial charge in [0.25, 0.3) is 0 Å². The zero-order chi connectivity index (χ0) is 11.4. The lowest BCUT2D eigenvalue weighted by Gasteiger charge is -2.35. The molecule has 0 bridgehead atoms. The summed E-state index contributed by atoms with van der Waals surface area (Å²) in [5.41, 5.74) is 1.05. The summed E-state index contributed by atoms with van der Waals surface area (Å²) in [6, 6.07) is 10.5. The highest BCUT2D eigenvalue weighted by atomic mass is 16.3. The normalized spacial score (nSPS) is 27.6. The maximum atomic E-state index is 10.4. The van der Waals surface area contributed by atoms with Gasteiger partial charge < -0.3 is 10.4 Å². The van der Waals surface area contributed by atoms with Crippen LogP contribution in [-0.4, -0.2) is 17.7 Å². The van der Waals surface area contributed by atoms with Gasteiger partial charge in [0.2, 0.25) is 0 Å². The maximum absolute atomic E-state index is 10.4. The van der Waals surface area contributed by atoms with Crippen molar-refractivity contribution in [2.75, 3.05) is 6.54 Å². The summed E-state index contributed by atoms with van der Waals surface area (Å²) in [5.74, 6) is 0.362. The van der Waals surface area contributed by atoms with Crippen LogP contribution in [0, 0.1) is 5.92 Å². The summed E-state index contributed by atoms with van der Waals surface area (Å²) < 4.78 is 0. The summed E-state index contributed by atoms with van der Waals surface area (Å²) in [7, 11) is 0. The lowest BCUT2D eigenvalue weighted by atomic mass is 9.82. The van der Waals surface area contributed by atoms with Gasteiger partial charge in [-0.25, -0.2) is 0 Å². The Kier molecular flexibility index (Phi) is 3.97. The average Bonchev–Trinajstić information content (AvgIpc) is 2.39. The highest BCUT2D eigenvalue weighted by Crippen LogP contribution is 2.31. The highest BCUT2D eigenvalue weighted by Gasteiger charge is 2.30. The average molecular weight is 219 g/mol. The van der Waals surface area contributed by atoms with Crippen LogP contribution in [0.5, 0.6) is 0 Å². The fourth-order valence-electron chi connectivity index (χ4n) is 2.70. The van der Waals surface area contributed by atoms with E-state index in [2.05, 4.69) is 12.2 Å². The van der Waals surface area contributed by atoms with Crippen molar-refractivity contribution in [2.24, 2.45) is 5.92 Å². The summed E-state index contributed by atoms with van der Waals surface area (Å²) in [5, 5.41) is 13.9. The molecule has 1 heterocycles. The predicted octanol–water partition coefficient (Wildman–Crippen LogP) is 2.50. The van der Waals surface area contributed by atoms with Crippen LogP contribution in [-0.2, 0) is 0 Å². The zero-order valence-corrected chi connectivity index (χ0v) is 9.89. The number of rotatable bonds is 3. The molecule has 16 heavy (non-hydrogen) atoms. The van der Waals surface area contributed by atoms with E-state index in [4.69, 9.17) is 0 Å². The van der Waals surface area contributed by atoms with E-state index in [1.54, 1.807) is 0 Å². The third-order valence-corrected chi connectivity index (χ3v) is 3.62. The number of hydrogen-bond donors (Lipinski definition) is 2. The van der Waals surface area contributed by atoms with Crippen molar-refractivity contribution in [3.63, 3.8) is 0 Å². The molecule has 1 aliphatic heterocycles. The van der Waals surface area contributed by atoms with Crippen molar-refractivity contribution in [3.8, 4) is 0 Å². The third-order valence-electron chi connectivity index (χ3n) is 3.62. The summed E-state index contributed by atoms with van der Waals surface area (Å²) >= 11 is 0. The van der Waals surface area contributed by atoms with Crippen LogP contribution < -0.4 is 5.32 Å². The van der Waals surface area contributed by atoms with Crippen LogP contribution in [0.2, 0.25) is 0 Å². The van der Waals surface area contributed by atoms with Crippen molar-refractivity contribution < 1.29 is 5.11 Å². The molecule has 0 saturated carbocycles. The van der Waals surface area contributed by atoms with Crippen molar-refractivity contribution in [3.05, 3.63) is 35.9 Å². The number of aliphatic hydroxyl groups excluding tert-OH is 1. The van der Waals surface area contributed by atoms with E-state index in [1.807, 2.05) is 30.3 Å². The van der Waals surface area contributed by atoms with Crippen LogP contribution >= 0.6 is 0 Å². The minimum absolute atomic E-state index is 0.320. The van der Waals surface area contributed by atoms with E-state index in [1.165, 1.54) is 6.42 Å². The number of piperidine rings is 1. The monoisotopic (exact) mass is 219 g/mol. The van der Waals surface area contributed by atoms with Crippen LogP contribution in [0.1, 0.15) is 37.9 Å². The second kappa shape index (κ2) is 5.46. The van der Waals surface area contributed by atoms with Crippen molar-refractivity contribution in [1.82, 2.24) is 5.32 Å². The van der Waals surface area contributed by atoms with Crippen LogP contribution in [0.3, 0.4) is 0 Å². The minimum Gasteiger partial charge on any atom is -0.388 e. The molecule has 3 atom stereocenters. The van der Waals surface area contributed by atoms with Crippen molar-refractivity contribution >= 4 is 0 Å². The summed E-state index contributed by atoms with van der Waals surface area (Å²) in [6.07, 6.45) is 3.07. The smallest absolute Gasteiger partial charge is 0.0833 e. The van der Waals surface area contributed by atoms with Gasteiger partial charge in [0.05, 0.1) is 6.10 Å². The molecule has 2 nitrogen and oxygen atoms in total. The molecular formula is C14H21NO. The molecule has 0 aliphatic carbocycles. The van der Waals surface area contributed by atoms with Gasteiger partial charge >= 0.3 is 0 Å². The van der Waals surface area contributed by atoms with Crippen molar-refractivity contribution in [2.45, 2.75) is 38.3 Å². The van der Waals surface area contributed by atoms with Crippen LogP contribution in [0.15, 0.2) is 30.3 Å². The van der Waals surface area contributed by atoms with Crippen LogP contribution in [0.25, 0.3) is 0 Å². The Labute approximate surface area is 97.7 Å². The fraction of sp³-hybridized carbons (Fsp3) is 0.571. The number of aliphatic hydroxyl groups is 1. The molecule has 2 N–H and O–H groups in total. The van der Waals surface area contributed by atoms with Crippen LogP contribution in [0.4, 0.5) is 0 Å². The molecule has 1 fully saturated rings. The number of hydrogen-bond acceptors (Lipinski definition) is 2. The number of benzene rings is 1. The van der Waals surface area contributed by atoms with E-state index < -0.39 is 0 Å². The third kappa shape index (κ3) is 2.45. The Bertz CT molecular complexity index is 312. The maximum Gasteiger partial charge on any atom is 0.0833 e. The fourth-order valence-corrected chi connectivity index (χ4v) is 2.70. The molecule has 1 aromatic carbocycles. The van der Waals surface area contributed by atoms with Crippen molar-refractivity contribution in [1.29, 1.82) is 0 Å². The highest BCUT2D eigenvalue weighted by molar-refractivity contribution is 5.18. The molecule has 0 radical (unpaired) electrons. The Hall–Kier alpha value is -0.860. The molecule has 0 spiro atoms. The van der Waals surface area contributed by atoms with E-state index in [-0.39, 0.29) is 6.10 Å². The van der Waals surface area contributed by atoms with Gasteiger partial charge in [0.1, 0.15) is 0 Å². The van der Waals surface area contributed by atoms with Gasteiger partial charge in [-0.3, -0.25) is 0 Å².